The van der Waals surface area contributed by atoms with E-state index in [1.807, 2.05) is 0 Å². The summed E-state index contributed by atoms with van der Waals surface area (Å²) >= 11 is 0. The number of aliphatic hydroxyl groups excluding tert-OH is 1. The van der Waals surface area contributed by atoms with Crippen molar-refractivity contribution in [3.05, 3.63) is 35.9 Å². The van der Waals surface area contributed by atoms with Gasteiger partial charge in [0.05, 0.1) is 17.3 Å². The van der Waals surface area contributed by atoms with Crippen LogP contribution in [0.25, 0.3) is 5.52 Å². The van der Waals surface area contributed by atoms with E-state index in [0.29, 0.717) is 18.4 Å². The van der Waals surface area contributed by atoms with Crippen molar-refractivity contribution in [2.75, 3.05) is 6.61 Å². The SMILES string of the molecule is O=C(O)c1cccn2c(CCCO)ncc12. The Hall–Kier alpha value is -1.88. The summed E-state index contributed by atoms with van der Waals surface area (Å²) in [5.41, 5.74) is 0.827. The number of aliphatic hydroxyl groups is 1. The fourth-order valence-corrected chi connectivity index (χ4v) is 1.68. The Bertz CT molecular complexity index is 519. The van der Waals surface area contributed by atoms with Crippen LogP contribution in [-0.2, 0) is 6.42 Å². The molecule has 0 saturated carbocycles. The van der Waals surface area contributed by atoms with Gasteiger partial charge in [0.15, 0.2) is 0 Å². The van der Waals surface area contributed by atoms with Crippen molar-refractivity contribution in [2.45, 2.75) is 12.8 Å². The molecule has 0 atom stereocenters. The molecule has 0 aliphatic heterocycles. The van der Waals surface area contributed by atoms with Gasteiger partial charge in [-0.3, -0.25) is 0 Å². The molecule has 5 heteroatoms. The zero-order chi connectivity index (χ0) is 11.5. The lowest BCUT2D eigenvalue weighted by Crippen LogP contribution is -2.01. The number of carbonyl (C=O) groups is 1. The van der Waals surface area contributed by atoms with E-state index in [1.165, 1.54) is 0 Å². The summed E-state index contributed by atoms with van der Waals surface area (Å²) in [5, 5.41) is 17.7. The topological polar surface area (TPSA) is 74.8 Å². The van der Waals surface area contributed by atoms with Gasteiger partial charge in [-0.25, -0.2) is 9.78 Å². The Balaban J connectivity index is 2.48. The van der Waals surface area contributed by atoms with E-state index in [0.717, 1.165) is 5.82 Å². The molecular formula is C11H12N2O3. The number of pyridine rings is 1. The van der Waals surface area contributed by atoms with E-state index >= 15 is 0 Å². The third-order valence-corrected chi connectivity index (χ3v) is 2.44. The lowest BCUT2D eigenvalue weighted by molar-refractivity contribution is 0.0698. The Kier molecular flexibility index (Phi) is 2.87. The van der Waals surface area contributed by atoms with Gasteiger partial charge in [0.25, 0.3) is 0 Å². The molecule has 0 unspecified atom stereocenters. The first kappa shape index (κ1) is 10.6. The predicted molar refractivity (Wildman–Crippen MR) is 57.6 cm³/mol. The number of rotatable bonds is 4. The van der Waals surface area contributed by atoms with Crippen molar-refractivity contribution < 1.29 is 15.0 Å². The highest BCUT2D eigenvalue weighted by molar-refractivity contribution is 5.95. The molecule has 0 aromatic carbocycles. The third kappa shape index (κ3) is 1.77. The zero-order valence-corrected chi connectivity index (χ0v) is 8.63. The van der Waals surface area contributed by atoms with Gasteiger partial charge in [-0.2, -0.15) is 0 Å². The first-order valence-corrected chi connectivity index (χ1v) is 5.03. The Morgan fingerprint density at radius 3 is 3.00 bits per heavy atom. The molecular weight excluding hydrogens is 208 g/mol. The van der Waals surface area contributed by atoms with Gasteiger partial charge in [-0.15, -0.1) is 0 Å². The molecule has 2 aromatic heterocycles. The summed E-state index contributed by atoms with van der Waals surface area (Å²) in [6.45, 7) is 0.105. The maximum absolute atomic E-state index is 11.0. The molecule has 2 N–H and O–H groups in total. The highest BCUT2D eigenvalue weighted by Gasteiger charge is 2.11. The number of carboxylic acids is 1. The predicted octanol–water partition coefficient (Wildman–Crippen LogP) is 0.957. The van der Waals surface area contributed by atoms with Crippen molar-refractivity contribution in [1.29, 1.82) is 0 Å². The number of imidazole rings is 1. The average Bonchev–Trinajstić information content (AvgIpc) is 2.69. The molecule has 16 heavy (non-hydrogen) atoms. The van der Waals surface area contributed by atoms with Gasteiger partial charge in [0, 0.05) is 19.2 Å². The largest absolute Gasteiger partial charge is 0.478 e. The maximum Gasteiger partial charge on any atom is 0.337 e. The van der Waals surface area contributed by atoms with Crippen molar-refractivity contribution in [2.24, 2.45) is 0 Å². The molecule has 0 saturated heterocycles. The maximum atomic E-state index is 11.0. The fourth-order valence-electron chi connectivity index (χ4n) is 1.68. The first-order chi connectivity index (χ1) is 7.74. The number of hydrogen-bond donors (Lipinski definition) is 2. The summed E-state index contributed by atoms with van der Waals surface area (Å²) in [6.07, 6.45) is 4.59. The molecule has 0 bridgehead atoms. The molecule has 5 nitrogen and oxygen atoms in total. The lowest BCUT2D eigenvalue weighted by atomic mass is 10.2. The van der Waals surface area contributed by atoms with Crippen molar-refractivity contribution in [1.82, 2.24) is 9.38 Å². The van der Waals surface area contributed by atoms with E-state index in [9.17, 15) is 4.79 Å². The van der Waals surface area contributed by atoms with Crippen LogP contribution in [0.2, 0.25) is 0 Å². The Morgan fingerprint density at radius 1 is 1.50 bits per heavy atom. The van der Waals surface area contributed by atoms with Crippen molar-refractivity contribution in [3.8, 4) is 0 Å². The summed E-state index contributed by atoms with van der Waals surface area (Å²) in [5.74, 6) is -0.189. The van der Waals surface area contributed by atoms with Crippen molar-refractivity contribution >= 4 is 11.5 Å². The number of aromatic carboxylic acids is 1. The summed E-state index contributed by atoms with van der Waals surface area (Å²) in [7, 11) is 0. The van der Waals surface area contributed by atoms with Crippen LogP contribution in [0, 0.1) is 0 Å². The fraction of sp³-hybridized carbons (Fsp3) is 0.273. The Labute approximate surface area is 92.0 Å². The van der Waals surface area contributed by atoms with Gasteiger partial charge >= 0.3 is 5.97 Å². The molecule has 0 spiro atoms. The number of fused-ring (bicyclic) bond motifs is 1. The molecule has 0 radical (unpaired) electrons. The second kappa shape index (κ2) is 4.32. The van der Waals surface area contributed by atoms with E-state index < -0.39 is 5.97 Å². The molecule has 0 aliphatic carbocycles. The van der Waals surface area contributed by atoms with Gasteiger partial charge in [-0.05, 0) is 18.6 Å². The van der Waals surface area contributed by atoms with Gasteiger partial charge < -0.3 is 14.6 Å². The van der Waals surface area contributed by atoms with Crippen LogP contribution in [0.1, 0.15) is 22.6 Å². The van der Waals surface area contributed by atoms with Gasteiger partial charge in [0.2, 0.25) is 0 Å². The zero-order valence-electron chi connectivity index (χ0n) is 8.63. The standard InChI is InChI=1S/C11H12N2O3/c14-6-2-4-10-12-7-9-8(11(15)16)3-1-5-13(9)10/h1,3,5,7,14H,2,4,6H2,(H,15,16). The second-order valence-electron chi connectivity index (χ2n) is 3.48. The van der Waals surface area contributed by atoms with E-state index in [4.69, 9.17) is 10.2 Å². The van der Waals surface area contributed by atoms with Gasteiger partial charge in [-0.1, -0.05) is 0 Å². The van der Waals surface area contributed by atoms with E-state index in [-0.39, 0.29) is 12.2 Å². The quantitative estimate of drug-likeness (QED) is 0.804. The highest BCUT2D eigenvalue weighted by atomic mass is 16.4. The van der Waals surface area contributed by atoms with Crippen LogP contribution in [-0.4, -0.2) is 32.2 Å². The minimum absolute atomic E-state index is 0.105. The van der Waals surface area contributed by atoms with Crippen LogP contribution in [0.15, 0.2) is 24.5 Å². The number of carboxylic acid groups (broad SMARTS) is 1. The minimum Gasteiger partial charge on any atom is -0.478 e. The molecule has 0 amide bonds. The van der Waals surface area contributed by atoms with Crippen LogP contribution in [0.5, 0.6) is 0 Å². The van der Waals surface area contributed by atoms with Crippen molar-refractivity contribution in [3.63, 3.8) is 0 Å². The molecule has 84 valence electrons. The van der Waals surface area contributed by atoms with Crippen LogP contribution < -0.4 is 0 Å². The van der Waals surface area contributed by atoms with E-state index in [2.05, 4.69) is 4.98 Å². The minimum atomic E-state index is -0.959. The molecule has 0 fully saturated rings. The Morgan fingerprint density at radius 2 is 2.31 bits per heavy atom. The monoisotopic (exact) mass is 220 g/mol. The molecule has 0 aliphatic rings. The number of aryl methyl sites for hydroxylation is 1. The average molecular weight is 220 g/mol. The lowest BCUT2D eigenvalue weighted by Gasteiger charge is -2.01. The second-order valence-corrected chi connectivity index (χ2v) is 3.48. The first-order valence-electron chi connectivity index (χ1n) is 5.03. The van der Waals surface area contributed by atoms with Crippen LogP contribution >= 0.6 is 0 Å². The number of nitrogens with zero attached hydrogens (tertiary/aromatic N) is 2. The third-order valence-electron chi connectivity index (χ3n) is 2.44. The molecule has 2 heterocycles. The number of aromatic nitrogens is 2. The summed E-state index contributed by atoms with van der Waals surface area (Å²) in [6, 6.07) is 3.23. The summed E-state index contributed by atoms with van der Waals surface area (Å²) < 4.78 is 1.75. The van der Waals surface area contributed by atoms with Crippen LogP contribution in [0.4, 0.5) is 0 Å². The van der Waals surface area contributed by atoms with Crippen LogP contribution in [0.3, 0.4) is 0 Å². The van der Waals surface area contributed by atoms with Gasteiger partial charge in [0.1, 0.15) is 5.82 Å². The number of hydrogen-bond acceptors (Lipinski definition) is 3. The molecule has 2 aromatic rings. The highest BCUT2D eigenvalue weighted by Crippen LogP contribution is 2.13. The normalized spacial score (nSPS) is 10.8. The summed E-state index contributed by atoms with van der Waals surface area (Å²) in [4.78, 5) is 15.1. The smallest absolute Gasteiger partial charge is 0.337 e. The van der Waals surface area contributed by atoms with E-state index in [1.54, 1.807) is 28.9 Å². The molecule has 2 rings (SSSR count).